The molecule has 0 fully saturated rings. The van der Waals surface area contributed by atoms with Crippen molar-refractivity contribution < 1.29 is 37.3 Å². The largest absolute Gasteiger partial charge is 0.481 e. The molecular formula is C22H39NO8S. The molecule has 32 heavy (non-hydrogen) atoms. The molecule has 3 N–H and O–H groups in total. The van der Waals surface area contributed by atoms with E-state index in [2.05, 4.69) is 23.4 Å². The fourth-order valence-electron chi connectivity index (χ4n) is 3.04. The van der Waals surface area contributed by atoms with Gasteiger partial charge < -0.3 is 10.2 Å². The van der Waals surface area contributed by atoms with Crippen molar-refractivity contribution in [2.24, 2.45) is 0 Å². The molecular weight excluding hydrogens is 438 g/mol. The van der Waals surface area contributed by atoms with Crippen LogP contribution in [-0.2, 0) is 28.8 Å². The zero-order valence-electron chi connectivity index (χ0n) is 19.1. The smallest absolute Gasteiger partial charge is 0.325 e. The highest BCUT2D eigenvalue weighted by atomic mass is 32.2. The van der Waals surface area contributed by atoms with E-state index in [4.69, 9.17) is 10.2 Å². The van der Waals surface area contributed by atoms with E-state index in [1.807, 2.05) is 0 Å². The number of hydrogen-bond acceptors (Lipinski definition) is 6. The molecule has 0 aromatic carbocycles. The molecule has 0 aliphatic carbocycles. The Morgan fingerprint density at radius 1 is 0.844 bits per heavy atom. The maximum atomic E-state index is 11.7. The number of rotatable bonds is 21. The second-order valence-electron chi connectivity index (χ2n) is 7.86. The molecule has 0 aliphatic rings. The molecule has 9 nitrogen and oxygen atoms in total. The van der Waals surface area contributed by atoms with Gasteiger partial charge >= 0.3 is 22.1 Å². The van der Waals surface area contributed by atoms with E-state index >= 15 is 0 Å². The third kappa shape index (κ3) is 16.7. The van der Waals surface area contributed by atoms with Gasteiger partial charge in [-0.3, -0.25) is 14.4 Å². The molecule has 0 heterocycles. The van der Waals surface area contributed by atoms with Gasteiger partial charge in [0.15, 0.2) is 5.25 Å². The Labute approximate surface area is 191 Å². The van der Waals surface area contributed by atoms with Crippen LogP contribution in [-0.4, -0.2) is 41.7 Å². The molecule has 0 aromatic rings. The molecule has 1 amide bonds. The summed E-state index contributed by atoms with van der Waals surface area (Å²) in [6.07, 6.45) is 17.8. The van der Waals surface area contributed by atoms with Gasteiger partial charge in [-0.25, -0.2) is 5.48 Å². The lowest BCUT2D eigenvalue weighted by molar-refractivity contribution is -0.143. The molecule has 0 spiro atoms. The van der Waals surface area contributed by atoms with Gasteiger partial charge in [0.25, 0.3) is 0 Å². The number of allylic oxidation sites excluding steroid dienone is 2. The summed E-state index contributed by atoms with van der Waals surface area (Å²) >= 11 is 0. The number of aliphatic carboxylic acids is 2. The van der Waals surface area contributed by atoms with Crippen LogP contribution in [0.3, 0.4) is 0 Å². The van der Waals surface area contributed by atoms with Crippen molar-refractivity contribution in [3.8, 4) is 0 Å². The van der Waals surface area contributed by atoms with Gasteiger partial charge in [-0.2, -0.15) is 8.42 Å². The summed E-state index contributed by atoms with van der Waals surface area (Å²) in [4.78, 5) is 33.2. The normalized spacial score (nSPS) is 12.7. The minimum atomic E-state index is -4.79. The molecule has 1 atom stereocenters. The van der Waals surface area contributed by atoms with Crippen molar-refractivity contribution >= 4 is 28.0 Å². The first kappa shape index (κ1) is 30.1. The van der Waals surface area contributed by atoms with Crippen molar-refractivity contribution in [2.45, 2.75) is 108 Å². The van der Waals surface area contributed by atoms with Crippen LogP contribution >= 0.6 is 0 Å². The Kier molecular flexibility index (Phi) is 17.5. The van der Waals surface area contributed by atoms with Gasteiger partial charge in [0.1, 0.15) is 0 Å². The third-order valence-electron chi connectivity index (χ3n) is 4.92. The first-order chi connectivity index (χ1) is 15.2. The molecule has 0 saturated carbocycles. The molecule has 0 saturated heterocycles. The van der Waals surface area contributed by atoms with Gasteiger partial charge in [-0.05, 0) is 32.1 Å². The summed E-state index contributed by atoms with van der Waals surface area (Å²) in [5.74, 6) is -4.17. The molecule has 0 rings (SSSR count). The van der Waals surface area contributed by atoms with E-state index in [0.29, 0.717) is 6.42 Å². The Morgan fingerprint density at radius 3 is 1.84 bits per heavy atom. The van der Waals surface area contributed by atoms with E-state index in [1.165, 1.54) is 38.5 Å². The molecule has 1 unspecified atom stereocenters. The van der Waals surface area contributed by atoms with Crippen LogP contribution in [0.25, 0.3) is 0 Å². The van der Waals surface area contributed by atoms with E-state index in [-0.39, 0.29) is 6.42 Å². The summed E-state index contributed by atoms with van der Waals surface area (Å²) in [6.45, 7) is 2.22. The Bertz CT molecular complexity index is 675. The number of unbranched alkanes of at least 4 members (excludes halogenated alkanes) is 11. The molecule has 0 bridgehead atoms. The SMILES string of the molecule is CCCCCCCC/C=C\CCCCCCCC(=O)NOS(=O)(=O)C(CC(=O)O)C(=O)O. The zero-order chi connectivity index (χ0) is 24.2. The van der Waals surface area contributed by atoms with Crippen LogP contribution in [0.4, 0.5) is 0 Å². The Balaban J connectivity index is 3.76. The van der Waals surface area contributed by atoms with Crippen molar-refractivity contribution in [1.82, 2.24) is 5.48 Å². The van der Waals surface area contributed by atoms with Crippen molar-refractivity contribution in [1.29, 1.82) is 0 Å². The maximum Gasteiger partial charge on any atom is 0.325 e. The van der Waals surface area contributed by atoms with E-state index in [1.54, 1.807) is 5.48 Å². The van der Waals surface area contributed by atoms with Crippen molar-refractivity contribution in [2.75, 3.05) is 0 Å². The summed E-state index contributed by atoms with van der Waals surface area (Å²) in [5, 5.41) is 15.1. The lowest BCUT2D eigenvalue weighted by Gasteiger charge is -2.11. The lowest BCUT2D eigenvalue weighted by atomic mass is 10.1. The molecule has 10 heteroatoms. The minimum absolute atomic E-state index is 0.0321. The summed E-state index contributed by atoms with van der Waals surface area (Å²) < 4.78 is 27.7. The highest BCUT2D eigenvalue weighted by Crippen LogP contribution is 2.11. The number of hydrogen-bond donors (Lipinski definition) is 3. The fraction of sp³-hybridized carbons (Fsp3) is 0.773. The number of carbonyl (C=O) groups excluding carboxylic acids is 1. The predicted molar refractivity (Wildman–Crippen MR) is 121 cm³/mol. The van der Waals surface area contributed by atoms with Gasteiger partial charge in [0.05, 0.1) is 6.42 Å². The quantitative estimate of drug-likeness (QED) is 0.126. The van der Waals surface area contributed by atoms with Crippen LogP contribution in [0.2, 0.25) is 0 Å². The standard InChI is InChI=1S/C22H39NO8S/c1-2-3-4-5-6-7-8-9-10-11-12-13-14-15-16-17-20(24)23-31-32(29,30)19(22(27)28)18-21(25)26/h9-10,19H,2-8,11-18H2,1H3,(H,23,24)(H,25,26)(H,27,28)/b10-9-. The van der Waals surface area contributed by atoms with Gasteiger partial charge in [0, 0.05) is 6.42 Å². The number of nitrogens with one attached hydrogen (secondary N) is 1. The van der Waals surface area contributed by atoms with Crippen LogP contribution in [0.5, 0.6) is 0 Å². The van der Waals surface area contributed by atoms with E-state index < -0.39 is 39.6 Å². The zero-order valence-corrected chi connectivity index (χ0v) is 19.9. The molecule has 0 radical (unpaired) electrons. The number of carbonyl (C=O) groups is 3. The second kappa shape index (κ2) is 18.6. The highest BCUT2D eigenvalue weighted by molar-refractivity contribution is 7.88. The summed E-state index contributed by atoms with van der Waals surface area (Å²) in [5.41, 5.74) is 1.69. The Morgan fingerprint density at radius 2 is 1.34 bits per heavy atom. The van der Waals surface area contributed by atoms with Gasteiger partial charge in [-0.15, -0.1) is 4.28 Å². The van der Waals surface area contributed by atoms with Gasteiger partial charge in [0.2, 0.25) is 5.91 Å². The highest BCUT2D eigenvalue weighted by Gasteiger charge is 2.36. The lowest BCUT2D eigenvalue weighted by Crippen LogP contribution is -2.38. The monoisotopic (exact) mass is 477 g/mol. The summed E-state index contributed by atoms with van der Waals surface area (Å²) in [6, 6.07) is 0. The number of carboxylic acid groups (broad SMARTS) is 2. The van der Waals surface area contributed by atoms with Crippen molar-refractivity contribution in [3.63, 3.8) is 0 Å². The van der Waals surface area contributed by atoms with Crippen LogP contribution in [0.1, 0.15) is 103 Å². The molecule has 186 valence electrons. The van der Waals surface area contributed by atoms with Crippen LogP contribution < -0.4 is 5.48 Å². The fourth-order valence-corrected chi connectivity index (χ4v) is 3.96. The van der Waals surface area contributed by atoms with Gasteiger partial charge in [-0.1, -0.05) is 70.4 Å². The number of hydroxylamine groups is 1. The topological polar surface area (TPSA) is 147 Å². The van der Waals surface area contributed by atoms with E-state index in [0.717, 1.165) is 38.5 Å². The third-order valence-corrected chi connectivity index (χ3v) is 6.30. The average molecular weight is 478 g/mol. The molecule has 0 aromatic heterocycles. The maximum absolute atomic E-state index is 11.7. The first-order valence-corrected chi connectivity index (χ1v) is 13.0. The summed E-state index contributed by atoms with van der Waals surface area (Å²) in [7, 11) is -4.79. The number of carboxylic acids is 2. The van der Waals surface area contributed by atoms with Crippen LogP contribution in [0, 0.1) is 0 Å². The number of amides is 1. The van der Waals surface area contributed by atoms with E-state index in [9.17, 15) is 22.8 Å². The molecule has 0 aliphatic heterocycles. The van der Waals surface area contributed by atoms with Crippen molar-refractivity contribution in [3.05, 3.63) is 12.2 Å². The predicted octanol–water partition coefficient (Wildman–Crippen LogP) is 4.33. The minimum Gasteiger partial charge on any atom is -0.481 e. The second-order valence-corrected chi connectivity index (χ2v) is 9.58. The Hall–Kier alpha value is -1.94. The average Bonchev–Trinajstić information content (AvgIpc) is 2.73. The van der Waals surface area contributed by atoms with Crippen LogP contribution in [0.15, 0.2) is 12.2 Å². The first-order valence-electron chi connectivity index (χ1n) is 11.5.